The van der Waals surface area contributed by atoms with Gasteiger partial charge >= 0.3 is 0 Å². The van der Waals surface area contributed by atoms with Crippen molar-refractivity contribution < 1.29 is 4.43 Å². The second-order valence-electron chi connectivity index (χ2n) is 8.45. The van der Waals surface area contributed by atoms with E-state index in [1.165, 1.54) is 0 Å². The summed E-state index contributed by atoms with van der Waals surface area (Å²) in [5.41, 5.74) is -0.453. The highest BCUT2D eigenvalue weighted by Gasteiger charge is 2.37. The molecule has 0 spiro atoms. The lowest BCUT2D eigenvalue weighted by molar-refractivity contribution is 0.0859. The number of hydrogen-bond donors (Lipinski definition) is 0. The molecule has 0 aromatic rings. The second-order valence-corrected chi connectivity index (χ2v) is 14.1. The molecule has 0 aromatic carbocycles. The average molecular weight is 371 g/mol. The van der Waals surface area contributed by atoms with Crippen LogP contribution in [0.1, 0.15) is 54.4 Å². The van der Waals surface area contributed by atoms with Crippen molar-refractivity contribution in [1.82, 2.24) is 0 Å². The van der Waals surface area contributed by atoms with Gasteiger partial charge < -0.3 is 4.43 Å². The third-order valence-corrected chi connectivity index (χ3v) is 8.62. The van der Waals surface area contributed by atoms with E-state index in [4.69, 9.17) is 10.8 Å². The molecular weight excluding hydrogens is 340 g/mol. The molecule has 0 aliphatic heterocycles. The molecule has 0 heterocycles. The molecule has 0 bridgehead atoms. The Hall–Kier alpha value is -0.223. The highest BCUT2D eigenvalue weighted by atomic mass is 79.9. The van der Waals surface area contributed by atoms with Gasteiger partial charge in [0.05, 0.1) is 0 Å². The quantitative estimate of drug-likeness (QED) is 0.346. The molecular formula is C18H31BrOSi. The first-order valence-electron chi connectivity index (χ1n) is 7.48. The molecule has 1 unspecified atom stereocenters. The third-order valence-electron chi connectivity index (χ3n) is 2.92. The van der Waals surface area contributed by atoms with Gasteiger partial charge in [-0.15, -0.1) is 12.3 Å². The Bertz CT molecular complexity index is 443. The number of hydrogen-bond acceptors (Lipinski definition) is 1. The molecule has 3 heteroatoms. The summed E-state index contributed by atoms with van der Waals surface area (Å²) in [5.74, 6) is 9.55. The molecule has 0 rings (SSSR count). The summed E-state index contributed by atoms with van der Waals surface area (Å²) in [6, 6.07) is 0. The smallest absolute Gasteiger partial charge is 0.199 e. The van der Waals surface area contributed by atoms with E-state index in [1.807, 2.05) is 0 Å². The van der Waals surface area contributed by atoms with Crippen LogP contribution >= 0.6 is 15.9 Å². The van der Waals surface area contributed by atoms with Crippen molar-refractivity contribution in [2.45, 2.75) is 73.1 Å². The van der Waals surface area contributed by atoms with Crippen LogP contribution in [0.2, 0.25) is 13.1 Å². The summed E-state index contributed by atoms with van der Waals surface area (Å²) in [5, 5.41) is 0. The molecule has 120 valence electrons. The van der Waals surface area contributed by atoms with Crippen molar-refractivity contribution in [3.63, 3.8) is 0 Å². The topological polar surface area (TPSA) is 9.23 Å². The zero-order valence-corrected chi connectivity index (χ0v) is 17.6. The minimum absolute atomic E-state index is 0.0207. The van der Waals surface area contributed by atoms with E-state index in [2.05, 4.69) is 88.3 Å². The van der Waals surface area contributed by atoms with Gasteiger partial charge in [-0.1, -0.05) is 41.6 Å². The first-order chi connectivity index (χ1) is 9.24. The van der Waals surface area contributed by atoms with E-state index in [1.54, 1.807) is 0 Å². The molecule has 0 saturated heterocycles. The Labute approximate surface area is 141 Å². The molecule has 0 aliphatic rings. The Morgan fingerprint density at radius 2 is 1.57 bits per heavy atom. The van der Waals surface area contributed by atoms with E-state index in [0.717, 1.165) is 17.8 Å². The van der Waals surface area contributed by atoms with Crippen LogP contribution < -0.4 is 0 Å². The number of rotatable bonds is 6. The van der Waals surface area contributed by atoms with Crippen molar-refractivity contribution in [3.05, 3.63) is 0 Å². The van der Waals surface area contributed by atoms with Gasteiger partial charge in [0.25, 0.3) is 0 Å². The molecule has 0 fully saturated rings. The van der Waals surface area contributed by atoms with E-state index >= 15 is 0 Å². The van der Waals surface area contributed by atoms with Crippen molar-refractivity contribution in [3.8, 4) is 24.2 Å². The standard InChI is InChI=1S/C18H31BrOSi/c1-10-11-17(5,6)14-18(7,13-12-16(2,3)4)20-21(8,9)15-19/h1H,11,14-15H2,2-9H3. The maximum Gasteiger partial charge on any atom is 0.199 e. The van der Waals surface area contributed by atoms with Gasteiger partial charge in [-0.2, -0.15) is 0 Å². The van der Waals surface area contributed by atoms with Gasteiger partial charge in [0.15, 0.2) is 8.32 Å². The molecule has 0 aromatic heterocycles. The number of halogens is 1. The zero-order valence-electron chi connectivity index (χ0n) is 15.0. The Balaban J connectivity index is 5.46. The average Bonchev–Trinajstić information content (AvgIpc) is 2.24. The van der Waals surface area contributed by atoms with Crippen LogP contribution in [0.15, 0.2) is 0 Å². The molecule has 21 heavy (non-hydrogen) atoms. The highest BCUT2D eigenvalue weighted by Crippen LogP contribution is 2.35. The molecule has 1 nitrogen and oxygen atoms in total. The van der Waals surface area contributed by atoms with Crippen LogP contribution in [-0.4, -0.2) is 18.9 Å². The fourth-order valence-corrected chi connectivity index (χ4v) is 4.06. The SMILES string of the molecule is C#CCC(C)(C)CC(C)(C#CC(C)(C)C)O[Si](C)(C)CBr. The Kier molecular flexibility index (Phi) is 7.28. The van der Waals surface area contributed by atoms with Crippen molar-refractivity contribution in [1.29, 1.82) is 0 Å². The number of alkyl halides is 1. The van der Waals surface area contributed by atoms with Crippen molar-refractivity contribution in [2.75, 3.05) is 4.95 Å². The van der Waals surface area contributed by atoms with Gasteiger partial charge in [-0.3, -0.25) is 0 Å². The second kappa shape index (κ2) is 7.36. The molecule has 0 N–H and O–H groups in total. The minimum Gasteiger partial charge on any atom is -0.401 e. The van der Waals surface area contributed by atoms with Gasteiger partial charge in [0.2, 0.25) is 0 Å². The summed E-state index contributed by atoms with van der Waals surface area (Å²) in [4.78, 5) is 0.905. The highest BCUT2D eigenvalue weighted by molar-refractivity contribution is 9.09. The van der Waals surface area contributed by atoms with Gasteiger partial charge in [0.1, 0.15) is 5.60 Å². The zero-order chi connectivity index (χ0) is 16.9. The molecule has 1 atom stereocenters. The molecule has 0 radical (unpaired) electrons. The number of terminal acetylenes is 1. The first-order valence-corrected chi connectivity index (χ1v) is 11.7. The van der Waals surface area contributed by atoms with E-state index < -0.39 is 13.9 Å². The van der Waals surface area contributed by atoms with Gasteiger partial charge in [-0.05, 0) is 52.6 Å². The van der Waals surface area contributed by atoms with Crippen LogP contribution in [0.25, 0.3) is 0 Å². The summed E-state index contributed by atoms with van der Waals surface area (Å²) in [6.07, 6.45) is 7.08. The van der Waals surface area contributed by atoms with Crippen LogP contribution in [0.3, 0.4) is 0 Å². The summed E-state index contributed by atoms with van der Waals surface area (Å²) in [6.45, 7) is 17.3. The Morgan fingerprint density at radius 1 is 1.05 bits per heavy atom. The lowest BCUT2D eigenvalue weighted by Crippen LogP contribution is -2.45. The molecule has 0 saturated carbocycles. The first kappa shape index (κ1) is 20.8. The van der Waals surface area contributed by atoms with E-state index in [9.17, 15) is 0 Å². The van der Waals surface area contributed by atoms with Crippen molar-refractivity contribution >= 4 is 24.2 Å². The molecule has 0 aliphatic carbocycles. The summed E-state index contributed by atoms with van der Waals surface area (Å²) < 4.78 is 6.50. The van der Waals surface area contributed by atoms with Crippen LogP contribution in [0.5, 0.6) is 0 Å². The van der Waals surface area contributed by atoms with Gasteiger partial charge in [-0.25, -0.2) is 0 Å². The Morgan fingerprint density at radius 3 is 1.95 bits per heavy atom. The van der Waals surface area contributed by atoms with Crippen LogP contribution in [0, 0.1) is 35.0 Å². The van der Waals surface area contributed by atoms with Crippen LogP contribution in [-0.2, 0) is 4.43 Å². The normalized spacial score (nSPS) is 15.6. The van der Waals surface area contributed by atoms with E-state index in [0.29, 0.717) is 0 Å². The fourth-order valence-electron chi connectivity index (χ4n) is 2.31. The lowest BCUT2D eigenvalue weighted by atomic mass is 9.78. The minimum atomic E-state index is -1.77. The van der Waals surface area contributed by atoms with E-state index in [-0.39, 0.29) is 10.8 Å². The monoisotopic (exact) mass is 370 g/mol. The lowest BCUT2D eigenvalue weighted by Gasteiger charge is -2.38. The maximum atomic E-state index is 6.50. The summed E-state index contributed by atoms with van der Waals surface area (Å²) in [7, 11) is -1.77. The van der Waals surface area contributed by atoms with Gasteiger partial charge in [0, 0.05) is 16.8 Å². The molecule has 0 amide bonds. The fraction of sp³-hybridized carbons (Fsp3) is 0.778. The third kappa shape index (κ3) is 9.41. The summed E-state index contributed by atoms with van der Waals surface area (Å²) >= 11 is 3.58. The largest absolute Gasteiger partial charge is 0.401 e. The van der Waals surface area contributed by atoms with Crippen LogP contribution in [0.4, 0.5) is 0 Å². The predicted molar refractivity (Wildman–Crippen MR) is 99.8 cm³/mol. The predicted octanol–water partition coefficient (Wildman–Crippen LogP) is 5.39. The van der Waals surface area contributed by atoms with Crippen molar-refractivity contribution in [2.24, 2.45) is 10.8 Å². The maximum absolute atomic E-state index is 6.50.